The summed E-state index contributed by atoms with van der Waals surface area (Å²) in [5.74, 6) is 0.0207. The van der Waals surface area contributed by atoms with Gasteiger partial charge in [0, 0.05) is 17.6 Å². The van der Waals surface area contributed by atoms with Gasteiger partial charge in [0.05, 0.1) is 11.4 Å². The lowest BCUT2D eigenvalue weighted by atomic mass is 10.0. The first-order chi connectivity index (χ1) is 12.2. The van der Waals surface area contributed by atoms with Crippen LogP contribution in [0.1, 0.15) is 18.1 Å². The first-order valence-corrected chi connectivity index (χ1v) is 8.34. The van der Waals surface area contributed by atoms with Crippen molar-refractivity contribution in [3.8, 4) is 5.75 Å². The maximum absolute atomic E-state index is 11.4. The Hall–Kier alpha value is -2.59. The fraction of sp³-hybridized carbons (Fsp3) is 0.200. The lowest BCUT2D eigenvalue weighted by molar-refractivity contribution is -0.137. The Balaban J connectivity index is 1.71. The number of benzene rings is 2. The van der Waals surface area contributed by atoms with Crippen molar-refractivity contribution in [1.82, 2.24) is 4.98 Å². The van der Waals surface area contributed by atoms with Gasteiger partial charge in [-0.1, -0.05) is 37.3 Å². The largest absolute Gasteiger partial charge is 0.489 e. The van der Waals surface area contributed by atoms with Crippen LogP contribution in [0.5, 0.6) is 5.75 Å². The Morgan fingerprint density at radius 1 is 1.12 bits per heavy atom. The molecule has 0 aliphatic carbocycles. The Bertz CT molecular complexity index is 867. The molecule has 0 aliphatic rings. The summed E-state index contributed by atoms with van der Waals surface area (Å²) < 4.78 is 10.1. The monoisotopic (exact) mass is 355 g/mol. The van der Waals surface area contributed by atoms with Crippen molar-refractivity contribution in [1.29, 1.82) is 0 Å². The molecule has 0 saturated heterocycles. The van der Waals surface area contributed by atoms with Gasteiger partial charge in [-0.05, 0) is 35.7 Å². The van der Waals surface area contributed by atoms with Crippen LogP contribution in [0.3, 0.4) is 0 Å². The summed E-state index contributed by atoms with van der Waals surface area (Å²) in [6, 6.07) is 17.8. The Kier molecular flexibility index (Phi) is 5.51. The number of rotatable bonds is 6. The lowest BCUT2D eigenvalue weighted by Gasteiger charge is -2.10. The van der Waals surface area contributed by atoms with E-state index in [1.165, 1.54) is 0 Å². The number of pyridine rings is 1. The van der Waals surface area contributed by atoms with E-state index in [0.717, 1.165) is 27.8 Å². The van der Waals surface area contributed by atoms with Crippen molar-refractivity contribution in [2.75, 3.05) is 0 Å². The van der Waals surface area contributed by atoms with Crippen LogP contribution in [0.15, 0.2) is 60.8 Å². The smallest absolute Gasteiger partial charge is 0.327 e. The number of hydrogen-bond acceptors (Lipinski definition) is 4. The maximum atomic E-state index is 11.4. The minimum Gasteiger partial charge on any atom is -0.489 e. The minimum atomic E-state index is -0.438. The highest BCUT2D eigenvalue weighted by atomic mass is 35.5. The summed E-state index contributed by atoms with van der Waals surface area (Å²) in [5, 5.41) is 0.996. The molecule has 0 fully saturated rings. The van der Waals surface area contributed by atoms with Crippen molar-refractivity contribution in [3.63, 3.8) is 0 Å². The van der Waals surface area contributed by atoms with Crippen molar-refractivity contribution in [2.24, 2.45) is 5.92 Å². The number of aromatic nitrogens is 1. The van der Waals surface area contributed by atoms with Crippen LogP contribution >= 0.6 is 11.9 Å². The summed E-state index contributed by atoms with van der Waals surface area (Å²) in [6.07, 6.45) is 2.29. The summed E-state index contributed by atoms with van der Waals surface area (Å²) in [7, 11) is 0. The van der Waals surface area contributed by atoms with Gasteiger partial charge >= 0.3 is 5.97 Å². The first kappa shape index (κ1) is 17.2. The van der Waals surface area contributed by atoms with Gasteiger partial charge in [0.15, 0.2) is 0 Å². The molecule has 0 bridgehead atoms. The molecule has 3 aromatic rings. The van der Waals surface area contributed by atoms with Gasteiger partial charge in [-0.25, -0.2) is 0 Å². The predicted molar refractivity (Wildman–Crippen MR) is 97.3 cm³/mol. The number of carbonyl (C=O) groups is 1. The second-order valence-electron chi connectivity index (χ2n) is 5.97. The first-order valence-electron chi connectivity index (χ1n) is 8.03. The molecule has 128 valence electrons. The highest BCUT2D eigenvalue weighted by Gasteiger charge is 2.15. The SMILES string of the molecule is CC(Cc1cnc2cc(OCc3ccccc3)ccc2c1)C(=O)OCl. The van der Waals surface area contributed by atoms with E-state index in [0.29, 0.717) is 13.0 Å². The molecule has 0 aliphatic heterocycles. The highest BCUT2D eigenvalue weighted by molar-refractivity contribution is 6.13. The van der Waals surface area contributed by atoms with E-state index in [4.69, 9.17) is 16.6 Å². The average Bonchev–Trinajstić information content (AvgIpc) is 2.66. The van der Waals surface area contributed by atoms with Gasteiger partial charge in [0.25, 0.3) is 0 Å². The third kappa shape index (κ3) is 4.48. The van der Waals surface area contributed by atoms with Crippen LogP contribution in [-0.4, -0.2) is 11.0 Å². The Labute approximate surface area is 151 Å². The van der Waals surface area contributed by atoms with Gasteiger partial charge in [0.1, 0.15) is 24.2 Å². The number of halogens is 1. The zero-order chi connectivity index (χ0) is 17.6. The lowest BCUT2D eigenvalue weighted by Crippen LogP contribution is -2.13. The zero-order valence-corrected chi connectivity index (χ0v) is 14.6. The number of hydrogen-bond donors (Lipinski definition) is 0. The van der Waals surface area contributed by atoms with Crippen molar-refractivity contribution >= 4 is 28.7 Å². The highest BCUT2D eigenvalue weighted by Crippen LogP contribution is 2.22. The number of fused-ring (bicyclic) bond motifs is 1. The Morgan fingerprint density at radius 3 is 2.68 bits per heavy atom. The summed E-state index contributed by atoms with van der Waals surface area (Å²) >= 11 is 5.12. The summed E-state index contributed by atoms with van der Waals surface area (Å²) in [4.78, 5) is 15.9. The third-order valence-electron chi connectivity index (χ3n) is 3.98. The molecule has 2 aromatic carbocycles. The molecule has 1 atom stereocenters. The van der Waals surface area contributed by atoms with Gasteiger partial charge < -0.3 is 9.03 Å². The van der Waals surface area contributed by atoms with Gasteiger partial charge in [-0.3, -0.25) is 9.78 Å². The van der Waals surface area contributed by atoms with E-state index in [2.05, 4.69) is 9.27 Å². The number of nitrogens with zero attached hydrogens (tertiary/aromatic N) is 1. The van der Waals surface area contributed by atoms with Crippen LogP contribution in [0.2, 0.25) is 0 Å². The molecule has 0 radical (unpaired) electrons. The van der Waals surface area contributed by atoms with E-state index < -0.39 is 5.97 Å². The molecule has 1 unspecified atom stereocenters. The topological polar surface area (TPSA) is 48.4 Å². The second kappa shape index (κ2) is 7.99. The molecule has 3 rings (SSSR count). The molecular weight excluding hydrogens is 338 g/mol. The number of carbonyl (C=O) groups excluding carboxylic acids is 1. The van der Waals surface area contributed by atoms with E-state index >= 15 is 0 Å². The van der Waals surface area contributed by atoms with Gasteiger partial charge in [0.2, 0.25) is 0 Å². The van der Waals surface area contributed by atoms with E-state index in [1.54, 1.807) is 13.1 Å². The molecule has 5 heteroatoms. The van der Waals surface area contributed by atoms with Gasteiger partial charge in [-0.2, -0.15) is 0 Å². The van der Waals surface area contributed by atoms with Crippen LogP contribution in [-0.2, 0) is 22.1 Å². The molecular formula is C20H18ClNO3. The quantitative estimate of drug-likeness (QED) is 0.643. The van der Waals surface area contributed by atoms with Crippen LogP contribution in [0, 0.1) is 5.92 Å². The average molecular weight is 356 g/mol. The molecule has 0 amide bonds. The van der Waals surface area contributed by atoms with Gasteiger partial charge in [-0.15, -0.1) is 0 Å². The summed E-state index contributed by atoms with van der Waals surface area (Å²) in [6.45, 7) is 2.29. The molecule has 0 spiro atoms. The molecule has 4 nitrogen and oxygen atoms in total. The van der Waals surface area contributed by atoms with E-state index in [9.17, 15) is 4.79 Å². The third-order valence-corrected chi connectivity index (χ3v) is 4.13. The summed E-state index contributed by atoms with van der Waals surface area (Å²) in [5.41, 5.74) is 2.92. The van der Waals surface area contributed by atoms with Crippen molar-refractivity contribution in [2.45, 2.75) is 20.0 Å². The zero-order valence-electron chi connectivity index (χ0n) is 13.8. The fourth-order valence-corrected chi connectivity index (χ4v) is 2.75. The molecule has 0 N–H and O–H groups in total. The Morgan fingerprint density at radius 2 is 1.92 bits per heavy atom. The predicted octanol–water partition coefficient (Wildman–Crippen LogP) is 4.69. The fourth-order valence-electron chi connectivity index (χ4n) is 2.60. The van der Waals surface area contributed by atoms with Crippen LogP contribution < -0.4 is 4.74 Å². The van der Waals surface area contributed by atoms with Crippen LogP contribution in [0.25, 0.3) is 10.9 Å². The normalized spacial score (nSPS) is 11.9. The molecule has 1 heterocycles. The van der Waals surface area contributed by atoms with Crippen molar-refractivity contribution < 1.29 is 13.8 Å². The molecule has 25 heavy (non-hydrogen) atoms. The second-order valence-corrected chi connectivity index (χ2v) is 6.13. The minimum absolute atomic E-state index is 0.315. The number of ether oxygens (including phenoxy) is 1. The maximum Gasteiger partial charge on any atom is 0.327 e. The van der Waals surface area contributed by atoms with E-state index in [-0.39, 0.29) is 5.92 Å². The van der Waals surface area contributed by atoms with Crippen LogP contribution in [0.4, 0.5) is 0 Å². The standard InChI is InChI=1S/C20H18ClNO3/c1-14(20(23)25-21)9-16-10-17-7-8-18(11-19(17)22-12-16)24-13-15-5-3-2-4-6-15/h2-8,10-12,14H,9,13H2,1H3. The van der Waals surface area contributed by atoms with E-state index in [1.807, 2.05) is 54.6 Å². The molecule has 1 aromatic heterocycles. The van der Waals surface area contributed by atoms with Crippen molar-refractivity contribution in [3.05, 3.63) is 71.9 Å². The molecule has 0 saturated carbocycles.